The molecule has 3 aromatic rings. The zero-order chi connectivity index (χ0) is 17.6. The van der Waals surface area contributed by atoms with E-state index >= 15 is 0 Å². The van der Waals surface area contributed by atoms with Gasteiger partial charge in [0, 0.05) is 17.2 Å². The highest BCUT2D eigenvalue weighted by molar-refractivity contribution is 5.77. The molecule has 3 rings (SSSR count). The van der Waals surface area contributed by atoms with E-state index in [9.17, 15) is 4.79 Å². The zero-order valence-corrected chi connectivity index (χ0v) is 14.1. The molecule has 0 radical (unpaired) electrons. The summed E-state index contributed by atoms with van der Waals surface area (Å²) in [6.07, 6.45) is 0. The SMILES string of the molecule is CC(C)NC(=O)COc1ccc(-c2nnc(-c3ccccc3)o2)cc1. The molecular formula is C19H19N3O3. The second-order valence-corrected chi connectivity index (χ2v) is 5.81. The van der Waals surface area contributed by atoms with Crippen molar-refractivity contribution in [3.8, 4) is 28.7 Å². The van der Waals surface area contributed by atoms with Gasteiger partial charge in [0.1, 0.15) is 5.75 Å². The second-order valence-electron chi connectivity index (χ2n) is 5.81. The van der Waals surface area contributed by atoms with Gasteiger partial charge in [-0.05, 0) is 50.2 Å². The van der Waals surface area contributed by atoms with Crippen molar-refractivity contribution in [3.05, 3.63) is 54.6 Å². The summed E-state index contributed by atoms with van der Waals surface area (Å²) in [4.78, 5) is 11.6. The average molecular weight is 337 g/mol. The van der Waals surface area contributed by atoms with Gasteiger partial charge in [-0.15, -0.1) is 10.2 Å². The third-order valence-electron chi connectivity index (χ3n) is 3.37. The molecule has 25 heavy (non-hydrogen) atoms. The zero-order valence-electron chi connectivity index (χ0n) is 14.1. The average Bonchev–Trinajstić information content (AvgIpc) is 3.11. The predicted octanol–water partition coefficient (Wildman–Crippen LogP) is 3.31. The van der Waals surface area contributed by atoms with E-state index in [0.29, 0.717) is 17.5 Å². The quantitative estimate of drug-likeness (QED) is 0.747. The molecule has 0 fully saturated rings. The molecule has 0 saturated carbocycles. The van der Waals surface area contributed by atoms with Crippen LogP contribution in [0.25, 0.3) is 22.9 Å². The Kier molecular flexibility index (Phi) is 5.09. The van der Waals surface area contributed by atoms with E-state index in [0.717, 1.165) is 11.1 Å². The third-order valence-corrected chi connectivity index (χ3v) is 3.37. The Labute approximate surface area is 145 Å². The lowest BCUT2D eigenvalue weighted by Gasteiger charge is -2.09. The number of rotatable bonds is 6. The molecule has 0 aliphatic carbocycles. The highest BCUT2D eigenvalue weighted by atomic mass is 16.5. The highest BCUT2D eigenvalue weighted by Gasteiger charge is 2.10. The van der Waals surface area contributed by atoms with Crippen LogP contribution in [-0.2, 0) is 4.79 Å². The summed E-state index contributed by atoms with van der Waals surface area (Å²) in [5.41, 5.74) is 1.66. The van der Waals surface area contributed by atoms with E-state index in [4.69, 9.17) is 9.15 Å². The fourth-order valence-electron chi connectivity index (χ4n) is 2.24. The summed E-state index contributed by atoms with van der Waals surface area (Å²) in [7, 11) is 0. The first-order valence-corrected chi connectivity index (χ1v) is 8.03. The monoisotopic (exact) mass is 337 g/mol. The summed E-state index contributed by atoms with van der Waals surface area (Å²) in [5, 5.41) is 10.9. The molecule has 0 atom stereocenters. The highest BCUT2D eigenvalue weighted by Crippen LogP contribution is 2.25. The van der Waals surface area contributed by atoms with Crippen LogP contribution in [0.5, 0.6) is 5.75 Å². The number of amides is 1. The Morgan fingerprint density at radius 3 is 2.20 bits per heavy atom. The van der Waals surface area contributed by atoms with Gasteiger partial charge in [0.15, 0.2) is 6.61 Å². The number of hydrogen-bond donors (Lipinski definition) is 1. The van der Waals surface area contributed by atoms with E-state index in [1.54, 1.807) is 12.1 Å². The van der Waals surface area contributed by atoms with Gasteiger partial charge < -0.3 is 14.5 Å². The molecular weight excluding hydrogens is 318 g/mol. The normalized spacial score (nSPS) is 10.7. The smallest absolute Gasteiger partial charge is 0.258 e. The van der Waals surface area contributed by atoms with Crippen LogP contribution in [0.4, 0.5) is 0 Å². The third kappa shape index (κ3) is 4.44. The topological polar surface area (TPSA) is 77.2 Å². The number of benzene rings is 2. The van der Waals surface area contributed by atoms with E-state index < -0.39 is 0 Å². The summed E-state index contributed by atoms with van der Waals surface area (Å²) in [5.74, 6) is 1.36. The van der Waals surface area contributed by atoms with Gasteiger partial charge in [-0.25, -0.2) is 0 Å². The number of carbonyl (C=O) groups excluding carboxylic acids is 1. The Balaban J connectivity index is 1.65. The first-order chi connectivity index (χ1) is 12.1. The molecule has 0 aliphatic rings. The number of nitrogens with one attached hydrogen (secondary N) is 1. The molecule has 1 amide bonds. The minimum Gasteiger partial charge on any atom is -0.484 e. The molecule has 1 aromatic heterocycles. The first-order valence-electron chi connectivity index (χ1n) is 8.03. The molecule has 0 unspecified atom stereocenters. The summed E-state index contributed by atoms with van der Waals surface area (Å²) >= 11 is 0. The van der Waals surface area contributed by atoms with Crippen molar-refractivity contribution >= 4 is 5.91 Å². The molecule has 128 valence electrons. The van der Waals surface area contributed by atoms with Crippen LogP contribution < -0.4 is 10.1 Å². The van der Waals surface area contributed by atoms with Crippen LogP contribution >= 0.6 is 0 Å². The van der Waals surface area contributed by atoms with Crippen molar-refractivity contribution in [2.75, 3.05) is 6.61 Å². The van der Waals surface area contributed by atoms with Crippen LogP contribution in [0.3, 0.4) is 0 Å². The molecule has 1 N–H and O–H groups in total. The Morgan fingerprint density at radius 1 is 1.00 bits per heavy atom. The molecule has 0 aliphatic heterocycles. The fourth-order valence-corrected chi connectivity index (χ4v) is 2.24. The van der Waals surface area contributed by atoms with Crippen molar-refractivity contribution in [1.82, 2.24) is 15.5 Å². The maximum atomic E-state index is 11.6. The number of hydrogen-bond acceptors (Lipinski definition) is 5. The Morgan fingerprint density at radius 2 is 1.60 bits per heavy atom. The molecule has 0 bridgehead atoms. The van der Waals surface area contributed by atoms with Crippen molar-refractivity contribution < 1.29 is 13.9 Å². The van der Waals surface area contributed by atoms with Gasteiger partial charge in [-0.1, -0.05) is 18.2 Å². The predicted molar refractivity (Wildman–Crippen MR) is 93.9 cm³/mol. The number of ether oxygens (including phenoxy) is 1. The molecule has 0 saturated heterocycles. The Hall–Kier alpha value is -3.15. The van der Waals surface area contributed by atoms with Gasteiger partial charge in [0.25, 0.3) is 5.91 Å². The van der Waals surface area contributed by atoms with Crippen molar-refractivity contribution in [1.29, 1.82) is 0 Å². The van der Waals surface area contributed by atoms with Gasteiger partial charge in [-0.3, -0.25) is 4.79 Å². The van der Waals surface area contributed by atoms with Gasteiger partial charge in [0.2, 0.25) is 11.8 Å². The van der Waals surface area contributed by atoms with Gasteiger partial charge in [0.05, 0.1) is 0 Å². The fraction of sp³-hybridized carbons (Fsp3) is 0.211. The number of carbonyl (C=O) groups is 1. The number of nitrogens with zero attached hydrogens (tertiary/aromatic N) is 2. The van der Waals surface area contributed by atoms with Gasteiger partial charge in [-0.2, -0.15) is 0 Å². The molecule has 6 nitrogen and oxygen atoms in total. The maximum Gasteiger partial charge on any atom is 0.258 e. The Bertz CT molecular complexity index is 827. The minimum absolute atomic E-state index is 0.0176. The lowest BCUT2D eigenvalue weighted by Crippen LogP contribution is -2.34. The standard InChI is InChI=1S/C19H19N3O3/c1-13(2)20-17(23)12-24-16-10-8-15(9-11-16)19-22-21-18(25-19)14-6-4-3-5-7-14/h3-11,13H,12H2,1-2H3,(H,20,23). The summed E-state index contributed by atoms with van der Waals surface area (Å²) in [6.45, 7) is 3.79. The molecule has 2 aromatic carbocycles. The van der Waals surface area contributed by atoms with Crippen molar-refractivity contribution in [2.45, 2.75) is 19.9 Å². The first kappa shape index (κ1) is 16.7. The van der Waals surface area contributed by atoms with Gasteiger partial charge >= 0.3 is 0 Å². The van der Waals surface area contributed by atoms with Crippen molar-refractivity contribution in [2.24, 2.45) is 0 Å². The molecule has 1 heterocycles. The summed E-state index contributed by atoms with van der Waals surface area (Å²) in [6, 6.07) is 16.9. The van der Waals surface area contributed by atoms with E-state index in [1.807, 2.05) is 56.3 Å². The van der Waals surface area contributed by atoms with Crippen LogP contribution in [-0.4, -0.2) is 28.8 Å². The lowest BCUT2D eigenvalue weighted by atomic mass is 10.2. The van der Waals surface area contributed by atoms with E-state index in [-0.39, 0.29) is 18.6 Å². The summed E-state index contributed by atoms with van der Waals surface area (Å²) < 4.78 is 11.2. The largest absolute Gasteiger partial charge is 0.484 e. The maximum absolute atomic E-state index is 11.6. The lowest BCUT2D eigenvalue weighted by molar-refractivity contribution is -0.123. The second kappa shape index (κ2) is 7.61. The van der Waals surface area contributed by atoms with Crippen LogP contribution in [0, 0.1) is 0 Å². The van der Waals surface area contributed by atoms with E-state index in [1.165, 1.54) is 0 Å². The molecule has 0 spiro atoms. The van der Waals surface area contributed by atoms with Crippen molar-refractivity contribution in [3.63, 3.8) is 0 Å². The van der Waals surface area contributed by atoms with E-state index in [2.05, 4.69) is 15.5 Å². The number of aromatic nitrogens is 2. The van der Waals surface area contributed by atoms with Crippen LogP contribution in [0.2, 0.25) is 0 Å². The van der Waals surface area contributed by atoms with Crippen LogP contribution in [0.1, 0.15) is 13.8 Å². The molecule has 6 heteroatoms. The minimum atomic E-state index is -0.150. The van der Waals surface area contributed by atoms with Crippen LogP contribution in [0.15, 0.2) is 59.0 Å².